The van der Waals surface area contributed by atoms with E-state index in [1.165, 1.54) is 0 Å². The number of nitrogens with two attached hydrogens (primary N) is 2. The predicted molar refractivity (Wildman–Crippen MR) is 59.7 cm³/mol. The second kappa shape index (κ2) is 3.82. The maximum absolute atomic E-state index is 11.2. The van der Waals surface area contributed by atoms with E-state index >= 15 is 0 Å². The van der Waals surface area contributed by atoms with Gasteiger partial charge in [-0.2, -0.15) is 0 Å². The van der Waals surface area contributed by atoms with Crippen LogP contribution in [-0.2, 0) is 4.79 Å². The van der Waals surface area contributed by atoms with Crippen molar-refractivity contribution in [3.8, 4) is 0 Å². The highest BCUT2D eigenvalue weighted by Crippen LogP contribution is 2.30. The van der Waals surface area contributed by atoms with Gasteiger partial charge in [-0.05, 0) is 26.8 Å². The van der Waals surface area contributed by atoms with Crippen LogP contribution in [0.5, 0.6) is 0 Å². The summed E-state index contributed by atoms with van der Waals surface area (Å²) in [7, 11) is 0. The Labute approximate surface area is 89.6 Å². The van der Waals surface area contributed by atoms with Crippen LogP contribution in [0.2, 0.25) is 0 Å². The van der Waals surface area contributed by atoms with Crippen molar-refractivity contribution in [1.82, 2.24) is 4.90 Å². The van der Waals surface area contributed by atoms with Gasteiger partial charge in [-0.25, -0.2) is 0 Å². The number of amides is 1. The molecule has 1 heterocycles. The zero-order chi connectivity index (χ0) is 10.9. The summed E-state index contributed by atoms with van der Waals surface area (Å²) >= 11 is 4.92. The van der Waals surface area contributed by atoms with E-state index in [0.29, 0.717) is 11.5 Å². The Morgan fingerprint density at radius 2 is 2.14 bits per heavy atom. The van der Waals surface area contributed by atoms with Gasteiger partial charge in [0.25, 0.3) is 0 Å². The summed E-state index contributed by atoms with van der Waals surface area (Å²) < 4.78 is 0. The molecule has 1 fully saturated rings. The van der Waals surface area contributed by atoms with Crippen molar-refractivity contribution >= 4 is 23.1 Å². The number of primary amides is 1. The maximum atomic E-state index is 11.2. The summed E-state index contributed by atoms with van der Waals surface area (Å²) in [6, 6.07) is 0.0474. The van der Waals surface area contributed by atoms with Crippen molar-refractivity contribution in [3.05, 3.63) is 0 Å². The molecule has 1 aliphatic heterocycles. The Balaban J connectivity index is 2.65. The molecule has 2 unspecified atom stereocenters. The van der Waals surface area contributed by atoms with Crippen molar-refractivity contribution in [1.29, 1.82) is 0 Å². The largest absolute Gasteiger partial charge is 0.392 e. The van der Waals surface area contributed by atoms with Crippen molar-refractivity contribution in [2.45, 2.75) is 26.3 Å². The second-order valence-electron chi connectivity index (χ2n) is 4.22. The summed E-state index contributed by atoms with van der Waals surface area (Å²) in [5, 5.41) is 0. The van der Waals surface area contributed by atoms with E-state index in [2.05, 4.69) is 4.90 Å². The minimum absolute atomic E-state index is 0.0474. The Hall–Kier alpha value is -0.680. The molecule has 5 heteroatoms. The lowest BCUT2D eigenvalue weighted by Gasteiger charge is -2.25. The molecule has 0 radical (unpaired) electrons. The molecule has 0 aromatic rings. The molecule has 0 saturated carbocycles. The van der Waals surface area contributed by atoms with E-state index in [-0.39, 0.29) is 11.9 Å². The van der Waals surface area contributed by atoms with Crippen LogP contribution in [0.25, 0.3) is 0 Å². The maximum Gasteiger partial charge on any atom is 0.224 e. The quantitative estimate of drug-likeness (QED) is 0.643. The fraction of sp³-hybridized carbons (Fsp3) is 0.778. The molecule has 0 aliphatic carbocycles. The first kappa shape index (κ1) is 11.4. The molecule has 1 saturated heterocycles. The molecule has 1 amide bonds. The highest BCUT2D eigenvalue weighted by molar-refractivity contribution is 7.80. The molecule has 0 bridgehead atoms. The lowest BCUT2D eigenvalue weighted by atomic mass is 9.89. The number of nitrogens with zero attached hydrogens (tertiary/aromatic N) is 1. The van der Waals surface area contributed by atoms with Gasteiger partial charge in [-0.3, -0.25) is 9.69 Å². The van der Waals surface area contributed by atoms with E-state index in [1.807, 2.05) is 13.8 Å². The highest BCUT2D eigenvalue weighted by atomic mass is 32.1. The Kier molecular flexibility index (Phi) is 3.11. The van der Waals surface area contributed by atoms with Crippen LogP contribution >= 0.6 is 12.2 Å². The first-order valence-electron chi connectivity index (χ1n) is 4.70. The lowest BCUT2D eigenvalue weighted by molar-refractivity contribution is -0.126. The van der Waals surface area contributed by atoms with Crippen molar-refractivity contribution in [2.24, 2.45) is 16.9 Å². The van der Waals surface area contributed by atoms with Crippen LogP contribution in [0.1, 0.15) is 20.3 Å². The Bertz CT molecular complexity index is 269. The average Bonchev–Trinajstić information content (AvgIpc) is 2.48. The van der Waals surface area contributed by atoms with Crippen molar-refractivity contribution in [2.75, 3.05) is 13.1 Å². The Morgan fingerprint density at radius 1 is 1.57 bits per heavy atom. The molecule has 4 N–H and O–H groups in total. The molecule has 1 aliphatic rings. The average molecular weight is 215 g/mol. The minimum Gasteiger partial charge on any atom is -0.392 e. The van der Waals surface area contributed by atoms with Gasteiger partial charge in [0, 0.05) is 6.54 Å². The summed E-state index contributed by atoms with van der Waals surface area (Å²) in [4.78, 5) is 13.8. The van der Waals surface area contributed by atoms with E-state index in [1.54, 1.807) is 0 Å². The van der Waals surface area contributed by atoms with Crippen LogP contribution < -0.4 is 11.5 Å². The second-order valence-corrected chi connectivity index (χ2v) is 4.70. The van der Waals surface area contributed by atoms with Gasteiger partial charge in [-0.1, -0.05) is 12.2 Å². The number of hydrogen-bond acceptors (Lipinski definition) is 3. The predicted octanol–water partition coefficient (Wildman–Crippen LogP) is -0.142. The normalized spacial score (nSPS) is 30.1. The van der Waals surface area contributed by atoms with E-state index in [4.69, 9.17) is 23.7 Å². The molecule has 4 nitrogen and oxygen atoms in total. The topological polar surface area (TPSA) is 72.3 Å². The Morgan fingerprint density at radius 3 is 2.50 bits per heavy atom. The zero-order valence-electron chi connectivity index (χ0n) is 8.62. The van der Waals surface area contributed by atoms with Gasteiger partial charge in [0.05, 0.1) is 16.4 Å². The molecular formula is C9H17N3OS. The van der Waals surface area contributed by atoms with Gasteiger partial charge >= 0.3 is 0 Å². The molecule has 0 aromatic carbocycles. The third-order valence-electron chi connectivity index (χ3n) is 3.06. The molecule has 0 aromatic heterocycles. The molecule has 14 heavy (non-hydrogen) atoms. The van der Waals surface area contributed by atoms with Crippen LogP contribution in [0.15, 0.2) is 0 Å². The van der Waals surface area contributed by atoms with Crippen LogP contribution in [0.3, 0.4) is 0 Å². The minimum atomic E-state index is -0.418. The summed E-state index contributed by atoms with van der Waals surface area (Å²) in [5.74, 6) is -0.241. The van der Waals surface area contributed by atoms with Crippen LogP contribution in [0, 0.1) is 5.41 Å². The highest BCUT2D eigenvalue weighted by Gasteiger charge is 2.40. The molecule has 1 rings (SSSR count). The third-order valence-corrected chi connectivity index (χ3v) is 3.40. The third kappa shape index (κ3) is 2.04. The fourth-order valence-electron chi connectivity index (χ4n) is 1.71. The molecule has 80 valence electrons. The molecule has 0 spiro atoms. The standard InChI is InChI=1S/C9H17N3OS/c1-6(7(10)14)12-4-3-9(2,5-12)8(11)13/h6H,3-5H2,1-2H3,(H2,10,14)(H2,11,13). The number of rotatable bonds is 3. The van der Waals surface area contributed by atoms with Crippen molar-refractivity contribution in [3.63, 3.8) is 0 Å². The first-order valence-corrected chi connectivity index (χ1v) is 5.11. The number of hydrogen-bond donors (Lipinski definition) is 2. The van der Waals surface area contributed by atoms with Crippen LogP contribution in [0.4, 0.5) is 0 Å². The monoisotopic (exact) mass is 215 g/mol. The van der Waals surface area contributed by atoms with Gasteiger partial charge in [0.1, 0.15) is 0 Å². The summed E-state index contributed by atoms with van der Waals surface area (Å²) in [6.07, 6.45) is 0.787. The van der Waals surface area contributed by atoms with Crippen LogP contribution in [-0.4, -0.2) is 34.9 Å². The van der Waals surface area contributed by atoms with E-state index in [9.17, 15) is 4.79 Å². The van der Waals surface area contributed by atoms with E-state index < -0.39 is 5.41 Å². The molecular weight excluding hydrogens is 198 g/mol. The van der Waals surface area contributed by atoms with Crippen molar-refractivity contribution < 1.29 is 4.79 Å². The number of carbonyl (C=O) groups is 1. The van der Waals surface area contributed by atoms with Gasteiger partial charge < -0.3 is 11.5 Å². The number of thiocarbonyl (C=S) groups is 1. The number of carbonyl (C=O) groups excluding carboxylic acids is 1. The van der Waals surface area contributed by atoms with Gasteiger partial charge in [-0.15, -0.1) is 0 Å². The summed E-state index contributed by atoms with van der Waals surface area (Å²) in [6.45, 7) is 5.33. The number of likely N-dealkylation sites (tertiary alicyclic amines) is 1. The first-order chi connectivity index (χ1) is 6.37. The fourth-order valence-corrected chi connectivity index (χ4v) is 1.86. The van der Waals surface area contributed by atoms with Gasteiger partial charge in [0.2, 0.25) is 5.91 Å². The zero-order valence-corrected chi connectivity index (χ0v) is 9.43. The molecule has 2 atom stereocenters. The summed E-state index contributed by atoms with van der Waals surface area (Å²) in [5.41, 5.74) is 10.5. The van der Waals surface area contributed by atoms with E-state index in [0.717, 1.165) is 13.0 Å². The lowest BCUT2D eigenvalue weighted by Crippen LogP contribution is -2.43. The SMILES string of the molecule is CC(C(N)=S)N1CCC(C)(C(N)=O)C1. The van der Waals surface area contributed by atoms with Gasteiger partial charge in [0.15, 0.2) is 0 Å². The smallest absolute Gasteiger partial charge is 0.224 e.